The Kier molecular flexibility index (Phi) is 19.8. The van der Waals surface area contributed by atoms with Crippen molar-refractivity contribution in [2.24, 2.45) is 0 Å². The molecule has 8 nitrogen and oxygen atoms in total. The Labute approximate surface area is 447 Å². The number of fused-ring (bicyclic) bond motifs is 6. The smallest absolute Gasteiger partial charge is 0.346 e. The first-order chi connectivity index (χ1) is 36.5. The molecular weight excluding hydrogens is 927 g/mol. The van der Waals surface area contributed by atoms with E-state index in [1.54, 1.807) is 0 Å². The molecule has 2 aliphatic rings. The maximum absolute atomic E-state index is 12.0. The summed E-state index contributed by atoms with van der Waals surface area (Å²) in [6, 6.07) is 38.6. The maximum atomic E-state index is 12.0. The number of carbonyl (C=O) groups is 2. The molecule has 5 aromatic rings. The standard InChI is InChI=1S/C67H79N3O5/c1-6-11-16-17-18-19-20-21-22-39-75-55-29-25-52(26-30-55)70(53-27-33-58-56-31-23-48(40-50(46-68)64(71)72)42-60(56)66(35-12-7-2,36-13-8-3)62(58)44-53)54-28-34-59-57-32-24-49(41-51(47-69)65(73)74)43-61(57)67(37-14-9-4,38-15-10-5)63(59)45-54/h23-34,40-45H,6-22,35-39H2,1-5H3,(H,71,72)(H,73,74)/b50-40-,51-41-. The molecule has 0 spiro atoms. The molecule has 0 bridgehead atoms. The number of rotatable bonds is 30. The Hall–Kier alpha value is -6.90. The van der Waals surface area contributed by atoms with Crippen LogP contribution in [0.1, 0.15) is 203 Å². The quantitative estimate of drug-likeness (QED) is 0.0264. The van der Waals surface area contributed by atoms with Crippen molar-refractivity contribution in [2.45, 2.75) is 180 Å². The third kappa shape index (κ3) is 12.5. The average molecular weight is 1010 g/mol. The molecular formula is C67H79N3O5. The fourth-order valence-electron chi connectivity index (χ4n) is 12.1. The number of nitrogens with zero attached hydrogens (tertiary/aromatic N) is 3. The highest BCUT2D eigenvalue weighted by Gasteiger charge is 2.44. The molecule has 0 aliphatic heterocycles. The summed E-state index contributed by atoms with van der Waals surface area (Å²) in [5.41, 5.74) is 12.9. The summed E-state index contributed by atoms with van der Waals surface area (Å²) in [6.45, 7) is 11.9. The normalized spacial score (nSPS) is 13.8. The van der Waals surface area contributed by atoms with Crippen molar-refractivity contribution in [1.82, 2.24) is 0 Å². The van der Waals surface area contributed by atoms with E-state index >= 15 is 0 Å². The molecule has 0 unspecified atom stereocenters. The van der Waals surface area contributed by atoms with Crippen LogP contribution in [0.3, 0.4) is 0 Å². The van der Waals surface area contributed by atoms with Crippen LogP contribution in [0, 0.1) is 22.7 Å². The molecule has 0 saturated heterocycles. The highest BCUT2D eigenvalue weighted by Crippen LogP contribution is 2.58. The van der Waals surface area contributed by atoms with E-state index in [0.717, 1.165) is 117 Å². The van der Waals surface area contributed by atoms with Crippen molar-refractivity contribution >= 4 is 41.2 Å². The summed E-state index contributed by atoms with van der Waals surface area (Å²) in [5.74, 6) is -1.62. The fraction of sp³-hybridized carbons (Fsp3) is 0.433. The van der Waals surface area contributed by atoms with Crippen LogP contribution in [0.5, 0.6) is 5.75 Å². The van der Waals surface area contributed by atoms with E-state index in [1.165, 1.54) is 96.9 Å². The van der Waals surface area contributed by atoms with Gasteiger partial charge >= 0.3 is 11.9 Å². The number of carboxylic acid groups (broad SMARTS) is 2. The van der Waals surface area contributed by atoms with E-state index in [2.05, 4.69) is 124 Å². The third-order valence-electron chi connectivity index (χ3n) is 16.0. The summed E-state index contributed by atoms with van der Waals surface area (Å²) < 4.78 is 6.39. The van der Waals surface area contributed by atoms with Crippen molar-refractivity contribution in [2.75, 3.05) is 11.5 Å². The second kappa shape index (κ2) is 26.5. The molecule has 2 aliphatic carbocycles. The van der Waals surface area contributed by atoms with Crippen LogP contribution in [0.25, 0.3) is 34.4 Å². The molecule has 0 heterocycles. The van der Waals surface area contributed by atoms with Crippen LogP contribution >= 0.6 is 0 Å². The molecule has 0 amide bonds. The van der Waals surface area contributed by atoms with E-state index in [4.69, 9.17) is 4.74 Å². The largest absolute Gasteiger partial charge is 0.494 e. The lowest BCUT2D eigenvalue weighted by molar-refractivity contribution is -0.133. The van der Waals surface area contributed by atoms with Gasteiger partial charge in [0.15, 0.2) is 0 Å². The lowest BCUT2D eigenvalue weighted by atomic mass is 9.70. The number of unbranched alkanes of at least 4 members (excludes halogenated alkanes) is 12. The number of benzene rings is 5. The van der Waals surface area contributed by atoms with E-state index in [-0.39, 0.29) is 22.0 Å². The van der Waals surface area contributed by atoms with Gasteiger partial charge in [-0.25, -0.2) is 9.59 Å². The predicted octanol–water partition coefficient (Wildman–Crippen LogP) is 18.3. The van der Waals surface area contributed by atoms with Gasteiger partial charge in [0.2, 0.25) is 0 Å². The topological polar surface area (TPSA) is 135 Å². The van der Waals surface area contributed by atoms with Gasteiger partial charge in [-0.3, -0.25) is 0 Å². The summed E-state index contributed by atoms with van der Waals surface area (Å²) in [6.07, 6.45) is 26.3. The van der Waals surface area contributed by atoms with Gasteiger partial charge in [-0.1, -0.05) is 186 Å². The van der Waals surface area contributed by atoms with Crippen molar-refractivity contribution in [3.63, 3.8) is 0 Å². The van der Waals surface area contributed by atoms with Gasteiger partial charge in [0, 0.05) is 27.9 Å². The first kappa shape index (κ1) is 55.8. The number of aliphatic carboxylic acids is 2. The number of hydrogen-bond donors (Lipinski definition) is 2. The minimum absolute atomic E-state index is 0.287. The highest BCUT2D eigenvalue weighted by molar-refractivity contribution is 5.98. The molecule has 0 atom stereocenters. The SMILES string of the molecule is CCCCCCCCCCCOc1ccc(N(c2ccc3c(c2)C(CCCC)(CCCC)c2cc(/C=C(/C#N)C(=O)O)ccc2-3)c2ccc3c(c2)C(CCCC)(CCCC)c2cc(/C=C(/C#N)C(=O)O)ccc2-3)cc1. The Balaban J connectivity index is 1.36. The van der Waals surface area contributed by atoms with Gasteiger partial charge < -0.3 is 19.8 Å². The minimum Gasteiger partial charge on any atom is -0.494 e. The zero-order valence-electron chi connectivity index (χ0n) is 45.4. The number of anilines is 3. The molecule has 0 aromatic heterocycles. The fourth-order valence-corrected chi connectivity index (χ4v) is 12.1. The molecule has 0 radical (unpaired) electrons. The lowest BCUT2D eigenvalue weighted by Crippen LogP contribution is -2.26. The van der Waals surface area contributed by atoms with Crippen LogP contribution in [0.4, 0.5) is 17.1 Å². The van der Waals surface area contributed by atoms with Gasteiger partial charge in [-0.15, -0.1) is 0 Å². The first-order valence-corrected chi connectivity index (χ1v) is 28.3. The van der Waals surface area contributed by atoms with Crippen LogP contribution in [-0.4, -0.2) is 28.8 Å². The van der Waals surface area contributed by atoms with Gasteiger partial charge in [0.05, 0.1) is 6.61 Å². The van der Waals surface area contributed by atoms with Crippen LogP contribution in [0.2, 0.25) is 0 Å². The zero-order chi connectivity index (χ0) is 53.4. The van der Waals surface area contributed by atoms with Crippen LogP contribution in [-0.2, 0) is 20.4 Å². The van der Waals surface area contributed by atoms with Crippen molar-refractivity contribution < 1.29 is 24.5 Å². The zero-order valence-corrected chi connectivity index (χ0v) is 45.4. The molecule has 392 valence electrons. The second-order valence-electron chi connectivity index (χ2n) is 21.1. The van der Waals surface area contributed by atoms with Gasteiger partial charge in [-0.2, -0.15) is 10.5 Å². The van der Waals surface area contributed by atoms with Gasteiger partial charge in [0.25, 0.3) is 0 Å². The van der Waals surface area contributed by atoms with E-state index < -0.39 is 11.9 Å². The summed E-state index contributed by atoms with van der Waals surface area (Å²) >= 11 is 0. The summed E-state index contributed by atoms with van der Waals surface area (Å²) in [4.78, 5) is 26.5. The van der Waals surface area contributed by atoms with Crippen LogP contribution in [0.15, 0.2) is 108 Å². The number of hydrogen-bond acceptors (Lipinski definition) is 6. The van der Waals surface area contributed by atoms with Gasteiger partial charge in [0.1, 0.15) is 29.0 Å². The first-order valence-electron chi connectivity index (χ1n) is 28.3. The number of ether oxygens (including phenoxy) is 1. The van der Waals surface area contributed by atoms with E-state index in [9.17, 15) is 30.3 Å². The summed E-state index contributed by atoms with van der Waals surface area (Å²) in [5, 5.41) is 39.1. The number of carboxylic acids is 2. The van der Waals surface area contributed by atoms with E-state index in [0.29, 0.717) is 17.7 Å². The molecule has 2 N–H and O–H groups in total. The highest BCUT2D eigenvalue weighted by atomic mass is 16.5. The Bertz CT molecular complexity index is 2750. The Morgan fingerprint density at radius 3 is 1.19 bits per heavy atom. The van der Waals surface area contributed by atoms with Crippen LogP contribution < -0.4 is 9.64 Å². The molecule has 75 heavy (non-hydrogen) atoms. The lowest BCUT2D eigenvalue weighted by Gasteiger charge is -2.35. The monoisotopic (exact) mass is 1010 g/mol. The van der Waals surface area contributed by atoms with Crippen molar-refractivity contribution in [1.29, 1.82) is 10.5 Å². The Morgan fingerprint density at radius 2 is 0.813 bits per heavy atom. The molecule has 5 aromatic carbocycles. The predicted molar refractivity (Wildman–Crippen MR) is 307 cm³/mol. The molecule has 0 saturated carbocycles. The second-order valence-corrected chi connectivity index (χ2v) is 21.1. The van der Waals surface area contributed by atoms with E-state index in [1.807, 2.05) is 24.3 Å². The summed E-state index contributed by atoms with van der Waals surface area (Å²) in [7, 11) is 0. The maximum Gasteiger partial charge on any atom is 0.346 e. The molecule has 8 heteroatoms. The molecule has 0 fully saturated rings. The minimum atomic E-state index is -1.23. The Morgan fingerprint density at radius 1 is 0.467 bits per heavy atom. The van der Waals surface area contributed by atoms with Crippen molar-refractivity contribution in [3.8, 4) is 40.1 Å². The molecule has 7 rings (SSSR count). The van der Waals surface area contributed by atoms with Crippen molar-refractivity contribution in [3.05, 3.63) is 142 Å². The average Bonchev–Trinajstić information content (AvgIpc) is 3.88. The number of nitriles is 2. The van der Waals surface area contributed by atoms with Gasteiger partial charge in [-0.05, 0) is 148 Å². The third-order valence-corrected chi connectivity index (χ3v) is 16.0.